The van der Waals surface area contributed by atoms with Gasteiger partial charge in [0.1, 0.15) is 11.4 Å². The number of nitro groups is 1. The SMILES string of the molecule is COc1cccc(CNc2ccc(S(=O)(=O)N3CCN(C)CC3)cc2[N+](=O)[O-])c1. The molecule has 1 N–H and O–H groups in total. The molecule has 0 bridgehead atoms. The molecule has 1 fully saturated rings. The van der Waals surface area contributed by atoms with E-state index >= 15 is 0 Å². The number of hydrogen-bond acceptors (Lipinski definition) is 7. The number of nitrogens with zero attached hydrogens (tertiary/aromatic N) is 3. The maximum Gasteiger partial charge on any atom is 0.293 e. The van der Waals surface area contributed by atoms with Crippen LogP contribution in [0.3, 0.4) is 0 Å². The van der Waals surface area contributed by atoms with Crippen molar-refractivity contribution >= 4 is 21.4 Å². The Morgan fingerprint density at radius 1 is 1.14 bits per heavy atom. The van der Waals surface area contributed by atoms with E-state index in [1.165, 1.54) is 16.4 Å². The molecular weight excluding hydrogens is 396 g/mol. The molecule has 29 heavy (non-hydrogen) atoms. The van der Waals surface area contributed by atoms with Gasteiger partial charge in [-0.1, -0.05) is 12.1 Å². The Hall–Kier alpha value is -2.69. The topological polar surface area (TPSA) is 105 Å². The molecule has 2 aromatic carbocycles. The highest BCUT2D eigenvalue weighted by molar-refractivity contribution is 7.89. The Balaban J connectivity index is 1.82. The number of anilines is 1. The van der Waals surface area contributed by atoms with Gasteiger partial charge >= 0.3 is 0 Å². The number of ether oxygens (including phenoxy) is 1. The van der Waals surface area contributed by atoms with Crippen LogP contribution in [0.1, 0.15) is 5.56 Å². The minimum absolute atomic E-state index is 0.0688. The van der Waals surface area contributed by atoms with Crippen molar-refractivity contribution in [2.24, 2.45) is 0 Å². The maximum absolute atomic E-state index is 12.9. The number of nitrogens with one attached hydrogen (secondary N) is 1. The summed E-state index contributed by atoms with van der Waals surface area (Å²) < 4.78 is 32.3. The molecule has 0 saturated carbocycles. The predicted molar refractivity (Wildman–Crippen MR) is 110 cm³/mol. The molecule has 1 aliphatic rings. The van der Waals surface area contributed by atoms with E-state index < -0.39 is 14.9 Å². The van der Waals surface area contributed by atoms with Gasteiger partial charge in [-0.05, 0) is 36.9 Å². The molecule has 0 aromatic heterocycles. The molecule has 0 radical (unpaired) electrons. The standard InChI is InChI=1S/C19H24N4O5S/c1-21-8-10-22(11-9-21)29(26,27)17-6-7-18(19(13-17)23(24)25)20-14-15-4-3-5-16(12-15)28-2/h3-7,12-13,20H,8-11,14H2,1-2H3. The number of hydrogen-bond donors (Lipinski definition) is 1. The van der Waals surface area contributed by atoms with E-state index in [0.717, 1.165) is 11.6 Å². The molecule has 10 heteroatoms. The van der Waals surface area contributed by atoms with E-state index in [-0.39, 0.29) is 16.3 Å². The highest BCUT2D eigenvalue weighted by atomic mass is 32.2. The number of sulfonamides is 1. The minimum Gasteiger partial charge on any atom is -0.497 e. The average Bonchev–Trinajstić information content (AvgIpc) is 2.72. The number of benzene rings is 2. The van der Waals surface area contributed by atoms with Crippen LogP contribution in [-0.4, -0.2) is 62.9 Å². The lowest BCUT2D eigenvalue weighted by molar-refractivity contribution is -0.384. The fourth-order valence-electron chi connectivity index (χ4n) is 3.13. The van der Waals surface area contributed by atoms with E-state index in [4.69, 9.17) is 4.74 Å². The van der Waals surface area contributed by atoms with Crippen molar-refractivity contribution in [1.82, 2.24) is 9.21 Å². The van der Waals surface area contributed by atoms with E-state index in [2.05, 4.69) is 5.32 Å². The van der Waals surface area contributed by atoms with Crippen LogP contribution in [0.5, 0.6) is 5.75 Å². The third-order valence-electron chi connectivity index (χ3n) is 4.88. The van der Waals surface area contributed by atoms with E-state index in [9.17, 15) is 18.5 Å². The molecule has 0 aliphatic carbocycles. The van der Waals surface area contributed by atoms with E-state index in [1.54, 1.807) is 7.11 Å². The second-order valence-electron chi connectivity index (χ2n) is 6.85. The van der Waals surface area contributed by atoms with Crippen LogP contribution in [-0.2, 0) is 16.6 Å². The summed E-state index contributed by atoms with van der Waals surface area (Å²) >= 11 is 0. The molecule has 0 unspecified atom stereocenters. The Bertz CT molecular complexity index is 988. The van der Waals surface area contributed by atoms with Crippen molar-refractivity contribution in [3.8, 4) is 5.75 Å². The van der Waals surface area contributed by atoms with Crippen LogP contribution in [0, 0.1) is 10.1 Å². The molecule has 0 amide bonds. The van der Waals surface area contributed by atoms with Crippen LogP contribution in [0.4, 0.5) is 11.4 Å². The van der Waals surface area contributed by atoms with Crippen molar-refractivity contribution in [1.29, 1.82) is 0 Å². The summed E-state index contributed by atoms with van der Waals surface area (Å²) in [6, 6.07) is 11.3. The summed E-state index contributed by atoms with van der Waals surface area (Å²) in [6.07, 6.45) is 0. The zero-order valence-electron chi connectivity index (χ0n) is 16.4. The molecule has 0 spiro atoms. The average molecular weight is 420 g/mol. The number of piperazine rings is 1. The number of rotatable bonds is 7. The van der Waals surface area contributed by atoms with Crippen LogP contribution >= 0.6 is 0 Å². The van der Waals surface area contributed by atoms with Gasteiger partial charge in [-0.15, -0.1) is 0 Å². The molecule has 1 saturated heterocycles. The zero-order valence-corrected chi connectivity index (χ0v) is 17.2. The van der Waals surface area contributed by atoms with Gasteiger partial charge in [0.2, 0.25) is 10.0 Å². The fraction of sp³-hybridized carbons (Fsp3) is 0.368. The summed E-state index contributed by atoms with van der Waals surface area (Å²) in [6.45, 7) is 2.32. The molecule has 1 heterocycles. The molecule has 9 nitrogen and oxygen atoms in total. The van der Waals surface area contributed by atoms with Crippen LogP contribution in [0.15, 0.2) is 47.4 Å². The van der Waals surface area contributed by atoms with Crippen molar-refractivity contribution in [2.45, 2.75) is 11.4 Å². The lowest BCUT2D eigenvalue weighted by Gasteiger charge is -2.31. The molecule has 1 aliphatic heterocycles. The third kappa shape index (κ3) is 4.84. The van der Waals surface area contributed by atoms with Crippen molar-refractivity contribution in [3.63, 3.8) is 0 Å². The predicted octanol–water partition coefficient (Wildman–Crippen LogP) is 2.15. The van der Waals surface area contributed by atoms with Gasteiger partial charge < -0.3 is 15.0 Å². The van der Waals surface area contributed by atoms with Crippen LogP contribution in [0.25, 0.3) is 0 Å². The second-order valence-corrected chi connectivity index (χ2v) is 8.79. The highest BCUT2D eigenvalue weighted by Crippen LogP contribution is 2.30. The first kappa shape index (κ1) is 21.0. The summed E-state index contributed by atoms with van der Waals surface area (Å²) in [4.78, 5) is 13.0. The Morgan fingerprint density at radius 2 is 1.86 bits per heavy atom. The van der Waals surface area contributed by atoms with Crippen LogP contribution < -0.4 is 10.1 Å². The maximum atomic E-state index is 12.9. The molecule has 0 atom stereocenters. The first-order chi connectivity index (χ1) is 13.8. The monoisotopic (exact) mass is 420 g/mol. The second kappa shape index (κ2) is 8.76. The summed E-state index contributed by atoms with van der Waals surface area (Å²) in [5.74, 6) is 0.687. The van der Waals surface area contributed by atoms with Crippen molar-refractivity contribution in [2.75, 3.05) is 45.7 Å². The normalized spacial score (nSPS) is 15.8. The zero-order chi connectivity index (χ0) is 21.0. The molecular formula is C19H24N4O5S. The number of likely N-dealkylation sites (N-methyl/N-ethyl adjacent to an activating group) is 1. The first-order valence-electron chi connectivity index (χ1n) is 9.15. The first-order valence-corrected chi connectivity index (χ1v) is 10.6. The Morgan fingerprint density at radius 3 is 2.52 bits per heavy atom. The van der Waals surface area contributed by atoms with Gasteiger partial charge in [0, 0.05) is 38.8 Å². The van der Waals surface area contributed by atoms with E-state index in [1.807, 2.05) is 36.2 Å². The smallest absolute Gasteiger partial charge is 0.293 e. The van der Waals surface area contributed by atoms with Crippen LogP contribution in [0.2, 0.25) is 0 Å². The number of methoxy groups -OCH3 is 1. The molecule has 2 aromatic rings. The molecule has 156 valence electrons. The highest BCUT2D eigenvalue weighted by Gasteiger charge is 2.29. The van der Waals surface area contributed by atoms with Crippen molar-refractivity contribution in [3.05, 3.63) is 58.1 Å². The van der Waals surface area contributed by atoms with Gasteiger partial charge in [-0.3, -0.25) is 10.1 Å². The Kier molecular flexibility index (Phi) is 6.36. The third-order valence-corrected chi connectivity index (χ3v) is 6.78. The van der Waals surface area contributed by atoms with Gasteiger partial charge in [-0.25, -0.2) is 8.42 Å². The fourth-order valence-corrected chi connectivity index (χ4v) is 4.57. The van der Waals surface area contributed by atoms with Gasteiger partial charge in [0.15, 0.2) is 0 Å². The summed E-state index contributed by atoms with van der Waals surface area (Å²) in [7, 11) is -0.282. The van der Waals surface area contributed by atoms with Gasteiger partial charge in [0.25, 0.3) is 5.69 Å². The minimum atomic E-state index is -3.78. The molecule has 3 rings (SSSR count). The lowest BCUT2D eigenvalue weighted by Crippen LogP contribution is -2.47. The largest absolute Gasteiger partial charge is 0.497 e. The van der Waals surface area contributed by atoms with Gasteiger partial charge in [-0.2, -0.15) is 4.31 Å². The quantitative estimate of drug-likeness (QED) is 0.540. The number of nitro benzene ring substituents is 1. The van der Waals surface area contributed by atoms with Crippen molar-refractivity contribution < 1.29 is 18.1 Å². The summed E-state index contributed by atoms with van der Waals surface area (Å²) in [5.41, 5.74) is 0.867. The summed E-state index contributed by atoms with van der Waals surface area (Å²) in [5, 5.41) is 14.6. The lowest BCUT2D eigenvalue weighted by atomic mass is 10.2. The Labute approximate surface area is 170 Å². The van der Waals surface area contributed by atoms with E-state index in [0.29, 0.717) is 38.5 Å². The van der Waals surface area contributed by atoms with Gasteiger partial charge in [0.05, 0.1) is 16.9 Å².